The number of aryl methyl sites for hydroxylation is 1. The van der Waals surface area contributed by atoms with Gasteiger partial charge in [-0.2, -0.15) is 0 Å². The highest BCUT2D eigenvalue weighted by Gasteiger charge is 2.19. The third kappa shape index (κ3) is 5.16. The van der Waals surface area contributed by atoms with Gasteiger partial charge >= 0.3 is 0 Å². The fourth-order valence-electron chi connectivity index (χ4n) is 4.16. The zero-order valence-corrected chi connectivity index (χ0v) is 20.0. The molecule has 1 fully saturated rings. The van der Waals surface area contributed by atoms with Crippen molar-refractivity contribution in [3.63, 3.8) is 0 Å². The normalized spacial score (nSPS) is 14.2. The zero-order chi connectivity index (χ0) is 23.3. The van der Waals surface area contributed by atoms with E-state index in [1.807, 2.05) is 37.3 Å². The van der Waals surface area contributed by atoms with Crippen LogP contribution in [0.3, 0.4) is 0 Å². The molecule has 1 amide bonds. The minimum atomic E-state index is -0.139. The molecule has 6 nitrogen and oxygen atoms in total. The van der Waals surface area contributed by atoms with Gasteiger partial charge in [-0.25, -0.2) is 4.98 Å². The maximum atomic E-state index is 12.9. The van der Waals surface area contributed by atoms with Gasteiger partial charge in [0.2, 0.25) is 0 Å². The lowest BCUT2D eigenvalue weighted by Gasteiger charge is -2.36. The number of carbonyl (C=O) groups excluding carboxylic acids is 1. The lowest BCUT2D eigenvalue weighted by Crippen LogP contribution is -2.45. The van der Waals surface area contributed by atoms with Gasteiger partial charge in [-0.05, 0) is 48.9 Å². The Balaban J connectivity index is 1.17. The highest BCUT2D eigenvalue weighted by atomic mass is 32.1. The van der Waals surface area contributed by atoms with Crippen molar-refractivity contribution >= 4 is 28.6 Å². The molecule has 7 heteroatoms. The molecule has 4 aromatic rings. The van der Waals surface area contributed by atoms with E-state index in [0.29, 0.717) is 10.6 Å². The topological polar surface area (TPSA) is 61.4 Å². The highest BCUT2D eigenvalue weighted by Crippen LogP contribution is 2.27. The molecule has 1 aliphatic rings. The molecule has 0 aliphatic carbocycles. The van der Waals surface area contributed by atoms with E-state index in [1.165, 1.54) is 22.6 Å². The summed E-state index contributed by atoms with van der Waals surface area (Å²) >= 11 is 1.37. The van der Waals surface area contributed by atoms with Crippen LogP contribution in [-0.4, -0.2) is 47.0 Å². The van der Waals surface area contributed by atoms with Crippen molar-refractivity contribution in [1.82, 2.24) is 14.9 Å². The summed E-state index contributed by atoms with van der Waals surface area (Å²) in [4.78, 5) is 27.3. The van der Waals surface area contributed by atoms with Gasteiger partial charge in [0.05, 0.1) is 11.4 Å². The van der Waals surface area contributed by atoms with Crippen LogP contribution in [0.5, 0.6) is 0 Å². The first-order valence-electron chi connectivity index (χ1n) is 11.5. The van der Waals surface area contributed by atoms with Gasteiger partial charge in [0.1, 0.15) is 9.88 Å². The zero-order valence-electron chi connectivity index (χ0n) is 19.1. The molecule has 0 radical (unpaired) electrons. The number of hydrogen-bond acceptors (Lipinski definition) is 6. The molecule has 2 aromatic heterocycles. The van der Waals surface area contributed by atoms with Crippen LogP contribution in [0.15, 0.2) is 79.0 Å². The summed E-state index contributed by atoms with van der Waals surface area (Å²) < 4.78 is 0. The van der Waals surface area contributed by atoms with E-state index >= 15 is 0 Å². The number of hydrogen-bond donors (Lipinski definition) is 1. The van der Waals surface area contributed by atoms with Gasteiger partial charge in [0, 0.05) is 50.3 Å². The second-order valence-electron chi connectivity index (χ2n) is 8.40. The van der Waals surface area contributed by atoms with E-state index in [4.69, 9.17) is 0 Å². The number of carbonyl (C=O) groups is 1. The molecule has 34 heavy (non-hydrogen) atoms. The SMILES string of the molecule is Cc1nc(-c2ccccn2)sc1C(=O)Nc1ccc(N2CCN(Cc3ccccc3)CC2)cc1. The summed E-state index contributed by atoms with van der Waals surface area (Å²) in [5, 5.41) is 3.77. The predicted octanol–water partition coefficient (Wildman–Crippen LogP) is 5.09. The Morgan fingerprint density at radius 3 is 2.38 bits per heavy atom. The Labute approximate surface area is 203 Å². The van der Waals surface area contributed by atoms with Crippen LogP contribution in [0.1, 0.15) is 20.9 Å². The van der Waals surface area contributed by atoms with E-state index in [0.717, 1.165) is 49.1 Å². The number of thiazole rings is 1. The van der Waals surface area contributed by atoms with Crippen molar-refractivity contribution in [3.8, 4) is 10.7 Å². The first-order chi connectivity index (χ1) is 16.7. The number of rotatable bonds is 6. The summed E-state index contributed by atoms with van der Waals surface area (Å²) in [6, 6.07) is 24.4. The van der Waals surface area contributed by atoms with Gasteiger partial charge in [-0.1, -0.05) is 36.4 Å². The van der Waals surface area contributed by atoms with Crippen molar-refractivity contribution in [2.45, 2.75) is 13.5 Å². The maximum absolute atomic E-state index is 12.9. The van der Waals surface area contributed by atoms with Crippen LogP contribution in [0.25, 0.3) is 10.7 Å². The second kappa shape index (κ2) is 10.2. The molecule has 0 spiro atoms. The summed E-state index contributed by atoms with van der Waals surface area (Å²) in [5.41, 5.74) is 4.82. The number of pyridine rings is 1. The number of aromatic nitrogens is 2. The van der Waals surface area contributed by atoms with Gasteiger partial charge < -0.3 is 10.2 Å². The molecule has 0 atom stereocenters. The van der Waals surface area contributed by atoms with Crippen molar-refractivity contribution in [2.75, 3.05) is 36.4 Å². The van der Waals surface area contributed by atoms with E-state index in [2.05, 4.69) is 67.5 Å². The molecule has 1 aliphatic heterocycles. The molecule has 0 saturated carbocycles. The third-order valence-electron chi connectivity index (χ3n) is 6.00. The number of amides is 1. The minimum Gasteiger partial charge on any atom is -0.369 e. The minimum absolute atomic E-state index is 0.139. The lowest BCUT2D eigenvalue weighted by atomic mass is 10.2. The average Bonchev–Trinajstić information content (AvgIpc) is 3.28. The van der Waals surface area contributed by atoms with Crippen molar-refractivity contribution in [3.05, 3.63) is 95.1 Å². The van der Waals surface area contributed by atoms with Crippen LogP contribution in [0, 0.1) is 6.92 Å². The Kier molecular flexibility index (Phi) is 6.65. The highest BCUT2D eigenvalue weighted by molar-refractivity contribution is 7.17. The quantitative estimate of drug-likeness (QED) is 0.426. The number of anilines is 2. The Hall–Kier alpha value is -3.55. The molecular weight excluding hydrogens is 442 g/mol. The maximum Gasteiger partial charge on any atom is 0.267 e. The fraction of sp³-hybridized carbons (Fsp3) is 0.222. The summed E-state index contributed by atoms with van der Waals surface area (Å²) in [5.74, 6) is -0.139. The average molecular weight is 470 g/mol. The molecule has 1 saturated heterocycles. The molecule has 172 valence electrons. The van der Waals surface area contributed by atoms with Gasteiger partial charge in [0.25, 0.3) is 5.91 Å². The largest absolute Gasteiger partial charge is 0.369 e. The summed E-state index contributed by atoms with van der Waals surface area (Å²) in [7, 11) is 0. The molecular formula is C27H27N5OS. The number of nitrogens with one attached hydrogen (secondary N) is 1. The van der Waals surface area contributed by atoms with Crippen LogP contribution in [0.2, 0.25) is 0 Å². The van der Waals surface area contributed by atoms with Crippen LogP contribution >= 0.6 is 11.3 Å². The van der Waals surface area contributed by atoms with Gasteiger partial charge in [0.15, 0.2) is 0 Å². The smallest absolute Gasteiger partial charge is 0.267 e. The Bertz CT molecular complexity index is 1230. The standard InChI is InChI=1S/C27H27N5OS/c1-20-25(34-27(29-20)24-9-5-6-14-28-24)26(33)30-22-10-12-23(13-11-22)32-17-15-31(16-18-32)19-21-7-3-2-4-8-21/h2-14H,15-19H2,1H3,(H,30,33). The third-order valence-corrected chi connectivity index (χ3v) is 7.18. The molecule has 1 N–H and O–H groups in total. The summed E-state index contributed by atoms with van der Waals surface area (Å²) in [6.45, 7) is 6.92. The van der Waals surface area contributed by atoms with Crippen LogP contribution in [-0.2, 0) is 6.54 Å². The van der Waals surface area contributed by atoms with Crippen molar-refractivity contribution < 1.29 is 4.79 Å². The lowest BCUT2D eigenvalue weighted by molar-refractivity contribution is 0.103. The molecule has 0 bridgehead atoms. The molecule has 0 unspecified atom stereocenters. The monoisotopic (exact) mass is 469 g/mol. The Morgan fingerprint density at radius 2 is 1.68 bits per heavy atom. The van der Waals surface area contributed by atoms with Crippen LogP contribution < -0.4 is 10.2 Å². The van der Waals surface area contributed by atoms with E-state index < -0.39 is 0 Å². The molecule has 2 aromatic carbocycles. The van der Waals surface area contributed by atoms with Crippen LogP contribution in [0.4, 0.5) is 11.4 Å². The van der Waals surface area contributed by atoms with Crippen molar-refractivity contribution in [1.29, 1.82) is 0 Å². The first kappa shape index (κ1) is 22.3. The Morgan fingerprint density at radius 1 is 0.941 bits per heavy atom. The van der Waals surface area contributed by atoms with E-state index in [9.17, 15) is 4.79 Å². The second-order valence-corrected chi connectivity index (χ2v) is 9.40. The van der Waals surface area contributed by atoms with E-state index in [1.54, 1.807) is 6.20 Å². The number of benzene rings is 2. The number of nitrogens with zero attached hydrogens (tertiary/aromatic N) is 4. The fourth-order valence-corrected chi connectivity index (χ4v) is 5.09. The van der Waals surface area contributed by atoms with Gasteiger partial charge in [-0.15, -0.1) is 11.3 Å². The predicted molar refractivity (Wildman–Crippen MR) is 138 cm³/mol. The molecule has 3 heterocycles. The molecule has 5 rings (SSSR count). The van der Waals surface area contributed by atoms with Gasteiger partial charge in [-0.3, -0.25) is 14.7 Å². The summed E-state index contributed by atoms with van der Waals surface area (Å²) in [6.07, 6.45) is 1.73. The van der Waals surface area contributed by atoms with E-state index in [-0.39, 0.29) is 5.91 Å². The van der Waals surface area contributed by atoms with Crippen molar-refractivity contribution in [2.24, 2.45) is 0 Å². The first-order valence-corrected chi connectivity index (χ1v) is 12.3. The number of piperazine rings is 1.